The second-order valence-electron chi connectivity index (χ2n) is 3.84. The van der Waals surface area contributed by atoms with E-state index in [2.05, 4.69) is 9.97 Å². The van der Waals surface area contributed by atoms with Gasteiger partial charge in [0.15, 0.2) is 5.92 Å². The summed E-state index contributed by atoms with van der Waals surface area (Å²) >= 11 is 0. The van der Waals surface area contributed by atoms with Crippen LogP contribution >= 0.6 is 0 Å². The van der Waals surface area contributed by atoms with Crippen molar-refractivity contribution in [2.45, 2.75) is 32.6 Å². The molecule has 1 aromatic heterocycles. The lowest BCUT2D eigenvalue weighted by molar-refractivity contribution is -0.143. The smallest absolute Gasteiger partial charge is 0.329 e. The summed E-state index contributed by atoms with van der Waals surface area (Å²) in [6.45, 7) is 5.92. The molecule has 0 amide bonds. The van der Waals surface area contributed by atoms with Gasteiger partial charge in [-0.25, -0.2) is 9.97 Å². The highest BCUT2D eigenvalue weighted by atomic mass is 16.5. The zero-order chi connectivity index (χ0) is 12.8. The Labute approximate surface area is 100 Å². The molecule has 1 heterocycles. The maximum atomic E-state index is 11.6. The Bertz CT molecular complexity index is 438. The van der Waals surface area contributed by atoms with Gasteiger partial charge in [-0.15, -0.1) is 0 Å². The Morgan fingerprint density at radius 1 is 1.47 bits per heavy atom. The Morgan fingerprint density at radius 2 is 2.12 bits per heavy atom. The molecule has 1 atom stereocenters. The van der Waals surface area contributed by atoms with Gasteiger partial charge >= 0.3 is 5.97 Å². The number of carbonyl (C=O) groups excluding carboxylic acids is 1. The zero-order valence-corrected chi connectivity index (χ0v) is 10.2. The van der Waals surface area contributed by atoms with Gasteiger partial charge in [0.2, 0.25) is 0 Å². The van der Waals surface area contributed by atoms with Crippen molar-refractivity contribution in [2.75, 3.05) is 6.61 Å². The normalized spacial score (nSPS) is 11.9. The molecule has 0 aromatic carbocycles. The second-order valence-corrected chi connectivity index (χ2v) is 3.84. The van der Waals surface area contributed by atoms with Crippen molar-refractivity contribution >= 4 is 5.97 Å². The Balaban J connectivity index is 3.01. The molecule has 0 saturated heterocycles. The molecule has 0 N–H and O–H groups in total. The molecule has 0 aliphatic rings. The van der Waals surface area contributed by atoms with Crippen LogP contribution in [0, 0.1) is 11.3 Å². The molecule has 0 radical (unpaired) electrons. The first-order valence-corrected chi connectivity index (χ1v) is 5.48. The monoisotopic (exact) mass is 233 g/mol. The van der Waals surface area contributed by atoms with Gasteiger partial charge in [0, 0.05) is 5.69 Å². The number of aromatic nitrogens is 2. The van der Waals surface area contributed by atoms with Crippen molar-refractivity contribution in [3.63, 3.8) is 0 Å². The van der Waals surface area contributed by atoms with E-state index in [1.165, 1.54) is 6.33 Å². The fraction of sp³-hybridized carbons (Fsp3) is 0.500. The average molecular weight is 233 g/mol. The van der Waals surface area contributed by atoms with E-state index in [0.29, 0.717) is 5.69 Å². The summed E-state index contributed by atoms with van der Waals surface area (Å²) in [4.78, 5) is 19.6. The van der Waals surface area contributed by atoms with E-state index in [9.17, 15) is 4.79 Å². The molecule has 0 aliphatic heterocycles. The molecule has 0 aliphatic carbocycles. The van der Waals surface area contributed by atoms with E-state index in [-0.39, 0.29) is 12.5 Å². The van der Waals surface area contributed by atoms with Gasteiger partial charge < -0.3 is 4.74 Å². The number of hydrogen-bond acceptors (Lipinski definition) is 5. The van der Waals surface area contributed by atoms with Crippen LogP contribution in [0.5, 0.6) is 0 Å². The first-order chi connectivity index (χ1) is 8.10. The SMILES string of the molecule is CCOC(=O)C(C#N)c1cc(C(C)C)ncn1. The first kappa shape index (κ1) is 13.1. The summed E-state index contributed by atoms with van der Waals surface area (Å²) in [5.41, 5.74) is 1.20. The third-order valence-electron chi connectivity index (χ3n) is 2.25. The van der Waals surface area contributed by atoms with Crippen LogP contribution in [0.1, 0.15) is 44.0 Å². The van der Waals surface area contributed by atoms with E-state index in [0.717, 1.165) is 5.69 Å². The fourth-order valence-corrected chi connectivity index (χ4v) is 1.33. The van der Waals surface area contributed by atoms with Crippen molar-refractivity contribution in [1.29, 1.82) is 5.26 Å². The molecule has 90 valence electrons. The van der Waals surface area contributed by atoms with Crippen LogP contribution in [0.15, 0.2) is 12.4 Å². The molecular weight excluding hydrogens is 218 g/mol. The highest BCUT2D eigenvalue weighted by Gasteiger charge is 2.23. The van der Waals surface area contributed by atoms with Gasteiger partial charge in [0.05, 0.1) is 18.4 Å². The van der Waals surface area contributed by atoms with E-state index in [4.69, 9.17) is 10.00 Å². The summed E-state index contributed by atoms with van der Waals surface area (Å²) in [5, 5.41) is 8.99. The third kappa shape index (κ3) is 3.25. The Morgan fingerprint density at radius 3 is 2.65 bits per heavy atom. The average Bonchev–Trinajstić information content (AvgIpc) is 2.30. The van der Waals surface area contributed by atoms with Crippen molar-refractivity contribution in [3.05, 3.63) is 23.8 Å². The van der Waals surface area contributed by atoms with Gasteiger partial charge in [-0.3, -0.25) is 4.79 Å². The zero-order valence-electron chi connectivity index (χ0n) is 10.2. The molecule has 0 fully saturated rings. The lowest BCUT2D eigenvalue weighted by Crippen LogP contribution is -2.16. The maximum Gasteiger partial charge on any atom is 0.329 e. The maximum absolute atomic E-state index is 11.6. The largest absolute Gasteiger partial charge is 0.465 e. The highest BCUT2D eigenvalue weighted by Crippen LogP contribution is 2.18. The molecule has 17 heavy (non-hydrogen) atoms. The number of ether oxygens (including phenoxy) is 1. The van der Waals surface area contributed by atoms with Gasteiger partial charge in [-0.2, -0.15) is 5.26 Å². The number of hydrogen-bond donors (Lipinski definition) is 0. The van der Waals surface area contributed by atoms with Crippen LogP contribution in [0.4, 0.5) is 0 Å². The van der Waals surface area contributed by atoms with Crippen molar-refractivity contribution in [3.8, 4) is 6.07 Å². The molecular formula is C12H15N3O2. The topological polar surface area (TPSA) is 75.9 Å². The van der Waals surface area contributed by atoms with Gasteiger partial charge in [0.1, 0.15) is 6.33 Å². The van der Waals surface area contributed by atoms with Crippen LogP contribution < -0.4 is 0 Å². The number of rotatable bonds is 4. The number of carbonyl (C=O) groups is 1. The van der Waals surface area contributed by atoms with Gasteiger partial charge in [-0.05, 0) is 18.9 Å². The first-order valence-electron chi connectivity index (χ1n) is 5.48. The minimum atomic E-state index is -0.976. The quantitative estimate of drug-likeness (QED) is 0.741. The van der Waals surface area contributed by atoms with Crippen molar-refractivity contribution in [2.24, 2.45) is 0 Å². The van der Waals surface area contributed by atoms with Gasteiger partial charge in [-0.1, -0.05) is 13.8 Å². The van der Waals surface area contributed by atoms with Crippen LogP contribution in [0.25, 0.3) is 0 Å². The van der Waals surface area contributed by atoms with Crippen molar-refractivity contribution < 1.29 is 9.53 Å². The summed E-state index contributed by atoms with van der Waals surface area (Å²) < 4.78 is 4.83. The minimum absolute atomic E-state index is 0.221. The van der Waals surface area contributed by atoms with E-state index < -0.39 is 11.9 Å². The summed E-state index contributed by atoms with van der Waals surface area (Å²) in [5.74, 6) is -1.32. The molecule has 5 nitrogen and oxygen atoms in total. The minimum Gasteiger partial charge on any atom is -0.465 e. The van der Waals surface area contributed by atoms with Crippen molar-refractivity contribution in [1.82, 2.24) is 9.97 Å². The summed E-state index contributed by atoms with van der Waals surface area (Å²) in [7, 11) is 0. The predicted molar refractivity (Wildman–Crippen MR) is 61.1 cm³/mol. The molecule has 1 rings (SSSR count). The molecule has 0 spiro atoms. The van der Waals surface area contributed by atoms with Crippen LogP contribution in [0.3, 0.4) is 0 Å². The highest BCUT2D eigenvalue weighted by molar-refractivity contribution is 5.80. The third-order valence-corrected chi connectivity index (χ3v) is 2.25. The fourth-order valence-electron chi connectivity index (χ4n) is 1.33. The second kappa shape index (κ2) is 5.94. The van der Waals surface area contributed by atoms with Gasteiger partial charge in [0.25, 0.3) is 0 Å². The molecule has 0 bridgehead atoms. The van der Waals surface area contributed by atoms with Crippen LogP contribution in [-0.4, -0.2) is 22.5 Å². The molecule has 1 unspecified atom stereocenters. The standard InChI is InChI=1S/C12H15N3O2/c1-4-17-12(16)9(6-13)11-5-10(8(2)3)14-7-15-11/h5,7-9H,4H2,1-3H3. The molecule has 1 aromatic rings. The molecule has 0 saturated carbocycles. The van der Waals surface area contributed by atoms with Crippen LogP contribution in [0.2, 0.25) is 0 Å². The summed E-state index contributed by atoms with van der Waals surface area (Å²) in [6, 6.07) is 3.58. The Kier molecular flexibility index (Phi) is 4.58. The number of nitriles is 1. The Hall–Kier alpha value is -1.96. The lowest BCUT2D eigenvalue weighted by Gasteiger charge is -2.10. The number of nitrogens with zero attached hydrogens (tertiary/aromatic N) is 3. The van der Waals surface area contributed by atoms with E-state index >= 15 is 0 Å². The predicted octanol–water partition coefficient (Wildman–Crippen LogP) is 1.77. The van der Waals surface area contributed by atoms with Crippen LogP contribution in [-0.2, 0) is 9.53 Å². The molecule has 5 heteroatoms. The van der Waals surface area contributed by atoms with E-state index in [1.807, 2.05) is 19.9 Å². The van der Waals surface area contributed by atoms with E-state index in [1.54, 1.807) is 13.0 Å². The summed E-state index contributed by atoms with van der Waals surface area (Å²) in [6.07, 6.45) is 1.37. The lowest BCUT2D eigenvalue weighted by atomic mass is 10.0. The number of esters is 1.